The van der Waals surface area contributed by atoms with Gasteiger partial charge in [-0.2, -0.15) is 0 Å². The molecule has 1 rings (SSSR count). The second kappa shape index (κ2) is 55.0. The van der Waals surface area contributed by atoms with E-state index < -0.39 is 49.5 Å². The van der Waals surface area contributed by atoms with Crippen LogP contribution >= 0.6 is 0 Å². The minimum Gasteiger partial charge on any atom is -0.394 e. The quantitative estimate of drug-likeness (QED) is 0.0261. The van der Waals surface area contributed by atoms with E-state index in [0.717, 1.165) is 38.5 Å². The molecule has 1 aliphatic rings. The van der Waals surface area contributed by atoms with E-state index in [0.29, 0.717) is 6.42 Å². The number of nitrogens with one attached hydrogen (secondary N) is 1. The van der Waals surface area contributed by atoms with Crippen LogP contribution in [0.3, 0.4) is 0 Å². The van der Waals surface area contributed by atoms with Gasteiger partial charge >= 0.3 is 0 Å². The first-order chi connectivity index (χ1) is 36.3. The molecular formula is C65H125NO8. The largest absolute Gasteiger partial charge is 0.394 e. The summed E-state index contributed by atoms with van der Waals surface area (Å²) in [6, 6.07) is -0.804. The Labute approximate surface area is 458 Å². The lowest BCUT2D eigenvalue weighted by Gasteiger charge is -2.40. The topological polar surface area (TPSA) is 149 Å². The number of carbonyl (C=O) groups excluding carboxylic acids is 1. The van der Waals surface area contributed by atoms with Crippen LogP contribution in [0.4, 0.5) is 0 Å². The summed E-state index contributed by atoms with van der Waals surface area (Å²) in [7, 11) is 0. The highest BCUT2D eigenvalue weighted by Gasteiger charge is 2.44. The van der Waals surface area contributed by atoms with Crippen molar-refractivity contribution >= 4 is 5.91 Å². The van der Waals surface area contributed by atoms with Crippen molar-refractivity contribution in [2.75, 3.05) is 13.2 Å². The van der Waals surface area contributed by atoms with Crippen LogP contribution in [0.5, 0.6) is 0 Å². The van der Waals surface area contributed by atoms with E-state index in [1.165, 1.54) is 270 Å². The predicted molar refractivity (Wildman–Crippen MR) is 314 cm³/mol. The monoisotopic (exact) mass is 1050 g/mol. The first kappa shape index (κ1) is 70.7. The lowest BCUT2D eigenvalue weighted by atomic mass is 9.99. The molecule has 9 nitrogen and oxygen atoms in total. The van der Waals surface area contributed by atoms with Crippen LogP contribution in [-0.4, -0.2) is 87.5 Å². The minimum atomic E-state index is -1.57. The molecule has 0 aromatic carbocycles. The zero-order valence-corrected chi connectivity index (χ0v) is 48.9. The summed E-state index contributed by atoms with van der Waals surface area (Å²) in [5.74, 6) is -0.171. The van der Waals surface area contributed by atoms with E-state index >= 15 is 0 Å². The predicted octanol–water partition coefficient (Wildman–Crippen LogP) is 16.9. The van der Waals surface area contributed by atoms with E-state index in [1.807, 2.05) is 6.08 Å². The van der Waals surface area contributed by atoms with E-state index in [1.54, 1.807) is 6.08 Å². The van der Waals surface area contributed by atoms with Gasteiger partial charge in [0.25, 0.3) is 0 Å². The van der Waals surface area contributed by atoms with Gasteiger partial charge in [-0.25, -0.2) is 0 Å². The number of unbranched alkanes of at least 4 members (excludes halogenated alkanes) is 45. The molecule has 0 radical (unpaired) electrons. The Morgan fingerprint density at radius 2 is 0.757 bits per heavy atom. The van der Waals surface area contributed by atoms with E-state index in [2.05, 4.69) is 31.3 Å². The van der Waals surface area contributed by atoms with Crippen LogP contribution in [-0.2, 0) is 14.3 Å². The van der Waals surface area contributed by atoms with Gasteiger partial charge in [0.15, 0.2) is 6.29 Å². The fraction of sp³-hybridized carbons (Fsp3) is 0.923. The summed E-state index contributed by atoms with van der Waals surface area (Å²) < 4.78 is 11.3. The first-order valence-corrected chi connectivity index (χ1v) is 32.6. The van der Waals surface area contributed by atoms with Gasteiger partial charge in [0.2, 0.25) is 5.91 Å². The molecule has 6 N–H and O–H groups in total. The third kappa shape index (κ3) is 43.6. The highest BCUT2D eigenvalue weighted by Crippen LogP contribution is 2.23. The Morgan fingerprint density at radius 3 is 1.09 bits per heavy atom. The summed E-state index contributed by atoms with van der Waals surface area (Å²) in [6.45, 7) is 3.83. The van der Waals surface area contributed by atoms with E-state index in [9.17, 15) is 30.3 Å². The Kier molecular flexibility index (Phi) is 52.5. The molecule has 7 unspecified atom stereocenters. The lowest BCUT2D eigenvalue weighted by molar-refractivity contribution is -0.302. The zero-order chi connectivity index (χ0) is 53.6. The van der Waals surface area contributed by atoms with Crippen molar-refractivity contribution in [1.29, 1.82) is 0 Å². The molecule has 1 amide bonds. The van der Waals surface area contributed by atoms with Gasteiger partial charge in [-0.15, -0.1) is 0 Å². The molecule has 0 saturated carbocycles. The van der Waals surface area contributed by atoms with Gasteiger partial charge in [0.1, 0.15) is 24.4 Å². The molecule has 1 heterocycles. The SMILES string of the molecule is CCCCCCCCCCCCCC/C=C\CCCCCCCCCCCCCCCC(=O)NC(COC1OC(CO)C(O)C(O)C1O)C(O)/C=C/CCCCCCCCCCCCCCCCCCCCCC. The van der Waals surface area contributed by atoms with Gasteiger partial charge in [-0.05, 0) is 44.9 Å². The molecule has 9 heteroatoms. The molecular weight excluding hydrogens is 923 g/mol. The molecule has 74 heavy (non-hydrogen) atoms. The first-order valence-electron chi connectivity index (χ1n) is 32.6. The number of hydrogen-bond donors (Lipinski definition) is 6. The fourth-order valence-electron chi connectivity index (χ4n) is 10.6. The Morgan fingerprint density at radius 1 is 0.446 bits per heavy atom. The zero-order valence-electron chi connectivity index (χ0n) is 48.9. The molecule has 1 saturated heterocycles. The Hall–Kier alpha value is -1.33. The number of hydrogen-bond acceptors (Lipinski definition) is 8. The second-order valence-electron chi connectivity index (χ2n) is 22.9. The van der Waals surface area contributed by atoms with Crippen LogP contribution < -0.4 is 5.32 Å². The summed E-state index contributed by atoms with van der Waals surface area (Å²) in [5.41, 5.74) is 0. The highest BCUT2D eigenvalue weighted by atomic mass is 16.7. The van der Waals surface area contributed by atoms with Crippen LogP contribution in [0.15, 0.2) is 24.3 Å². The van der Waals surface area contributed by atoms with Crippen molar-refractivity contribution in [2.24, 2.45) is 0 Å². The maximum atomic E-state index is 13.1. The third-order valence-electron chi connectivity index (χ3n) is 15.8. The number of allylic oxidation sites excluding steroid dienone is 3. The smallest absolute Gasteiger partial charge is 0.220 e. The molecule has 0 aromatic rings. The summed E-state index contributed by atoms with van der Waals surface area (Å²) in [6.07, 6.45) is 64.1. The molecule has 1 aliphatic heterocycles. The average Bonchev–Trinajstić information content (AvgIpc) is 3.40. The summed E-state index contributed by atoms with van der Waals surface area (Å²) >= 11 is 0. The Bertz CT molecular complexity index is 1210. The molecule has 0 aliphatic carbocycles. The number of rotatable bonds is 57. The molecule has 1 fully saturated rings. The third-order valence-corrected chi connectivity index (χ3v) is 15.8. The molecule has 438 valence electrons. The normalized spacial score (nSPS) is 19.0. The van der Waals surface area contributed by atoms with Crippen molar-refractivity contribution < 1.29 is 39.8 Å². The number of aliphatic hydroxyl groups is 5. The summed E-state index contributed by atoms with van der Waals surface area (Å²) in [4.78, 5) is 13.1. The van der Waals surface area contributed by atoms with Crippen LogP contribution in [0.2, 0.25) is 0 Å². The van der Waals surface area contributed by atoms with Crippen molar-refractivity contribution in [3.05, 3.63) is 24.3 Å². The minimum absolute atomic E-state index is 0.171. The number of ether oxygens (including phenoxy) is 2. The van der Waals surface area contributed by atoms with Gasteiger partial charge in [0.05, 0.1) is 25.4 Å². The van der Waals surface area contributed by atoms with E-state index in [-0.39, 0.29) is 12.5 Å². The fourth-order valence-corrected chi connectivity index (χ4v) is 10.6. The number of amides is 1. The van der Waals surface area contributed by atoms with Gasteiger partial charge in [-0.3, -0.25) is 4.79 Å². The van der Waals surface area contributed by atoms with Crippen molar-refractivity contribution in [3.63, 3.8) is 0 Å². The molecule has 0 aromatic heterocycles. The second-order valence-corrected chi connectivity index (χ2v) is 22.9. The molecule has 7 atom stereocenters. The molecule has 0 bridgehead atoms. The number of carbonyl (C=O) groups is 1. The van der Waals surface area contributed by atoms with Crippen molar-refractivity contribution in [2.45, 2.75) is 371 Å². The summed E-state index contributed by atoms with van der Waals surface area (Å²) in [5, 5.41) is 54.7. The standard InChI is InChI=1S/C65H125NO8/c1-3-5-7-9-11-13-15-17-19-21-23-25-27-28-29-30-31-32-33-35-37-39-41-43-45-47-49-51-53-55-61(69)66-58(57-73-65-64(72)63(71)62(70)60(56-67)74-65)59(68)54-52-50-48-46-44-42-40-38-36-34-26-24-22-20-18-16-14-12-10-8-6-4-2/h28-29,52,54,58-60,62-65,67-68,70-72H,3-27,30-51,53,55-57H2,1-2H3,(H,66,69)/b29-28-,54-52+. The maximum Gasteiger partial charge on any atom is 0.220 e. The Balaban J connectivity index is 2.15. The van der Waals surface area contributed by atoms with Crippen molar-refractivity contribution in [1.82, 2.24) is 5.32 Å². The van der Waals surface area contributed by atoms with Gasteiger partial charge in [0, 0.05) is 6.42 Å². The number of aliphatic hydroxyl groups excluding tert-OH is 5. The van der Waals surface area contributed by atoms with Crippen LogP contribution in [0, 0.1) is 0 Å². The average molecular weight is 1050 g/mol. The lowest BCUT2D eigenvalue weighted by Crippen LogP contribution is -2.60. The highest BCUT2D eigenvalue weighted by molar-refractivity contribution is 5.76. The van der Waals surface area contributed by atoms with Crippen LogP contribution in [0.1, 0.15) is 328 Å². The van der Waals surface area contributed by atoms with Crippen molar-refractivity contribution in [3.8, 4) is 0 Å². The van der Waals surface area contributed by atoms with Gasteiger partial charge in [-0.1, -0.05) is 301 Å². The maximum absolute atomic E-state index is 13.1. The van der Waals surface area contributed by atoms with Crippen LogP contribution in [0.25, 0.3) is 0 Å². The van der Waals surface area contributed by atoms with E-state index in [4.69, 9.17) is 9.47 Å². The van der Waals surface area contributed by atoms with Gasteiger partial charge < -0.3 is 40.3 Å². The molecule has 0 spiro atoms.